The van der Waals surface area contributed by atoms with Crippen molar-refractivity contribution in [2.24, 2.45) is 5.41 Å². The van der Waals surface area contributed by atoms with Crippen LogP contribution in [-0.2, 0) is 10.2 Å². The molecule has 0 atom stereocenters. The summed E-state index contributed by atoms with van der Waals surface area (Å²) in [7, 11) is 0. The molecule has 1 heterocycles. The van der Waals surface area contributed by atoms with E-state index in [1.807, 2.05) is 12.1 Å². The second-order valence-corrected chi connectivity index (χ2v) is 5.69. The summed E-state index contributed by atoms with van der Waals surface area (Å²) < 4.78 is 6.47. The Kier molecular flexibility index (Phi) is 2.14. The number of rotatable bonds is 2. The van der Waals surface area contributed by atoms with Crippen LogP contribution in [0.25, 0.3) is 0 Å². The Labute approximate surface area is 103 Å². The van der Waals surface area contributed by atoms with E-state index in [0.717, 1.165) is 17.3 Å². The van der Waals surface area contributed by atoms with Crippen molar-refractivity contribution in [2.75, 3.05) is 13.2 Å². The van der Waals surface area contributed by atoms with Gasteiger partial charge in [-0.15, -0.1) is 0 Å². The molecular weight excluding hydrogens is 266 g/mol. The zero-order valence-electron chi connectivity index (χ0n) is 8.87. The largest absolute Gasteiger partial charge is 0.379 e. The van der Waals surface area contributed by atoms with Gasteiger partial charge in [0.2, 0.25) is 0 Å². The van der Waals surface area contributed by atoms with Gasteiger partial charge in [0.25, 0.3) is 0 Å². The smallest absolute Gasteiger partial charge is 0.0716 e. The van der Waals surface area contributed by atoms with Crippen LogP contribution in [0, 0.1) is 16.7 Å². The lowest BCUT2D eigenvalue weighted by molar-refractivity contribution is -0.0867. The molecule has 3 rings (SSSR count). The van der Waals surface area contributed by atoms with Crippen molar-refractivity contribution in [3.63, 3.8) is 0 Å². The summed E-state index contributed by atoms with van der Waals surface area (Å²) in [4.78, 5) is 0. The van der Waals surface area contributed by atoms with Crippen LogP contribution in [0.1, 0.15) is 18.4 Å². The second kappa shape index (κ2) is 3.32. The summed E-state index contributed by atoms with van der Waals surface area (Å²) in [6, 6.07) is 10.8. The molecule has 0 radical (unpaired) electrons. The van der Waals surface area contributed by atoms with Crippen molar-refractivity contribution >= 4 is 15.9 Å². The lowest BCUT2D eigenvalue weighted by atomic mass is 9.67. The van der Waals surface area contributed by atoms with Gasteiger partial charge >= 0.3 is 0 Å². The highest BCUT2D eigenvalue weighted by atomic mass is 79.9. The van der Waals surface area contributed by atoms with Crippen molar-refractivity contribution in [3.05, 3.63) is 34.3 Å². The van der Waals surface area contributed by atoms with Crippen molar-refractivity contribution in [3.8, 4) is 6.07 Å². The maximum absolute atomic E-state index is 9.37. The Hall–Kier alpha value is -0.850. The van der Waals surface area contributed by atoms with E-state index >= 15 is 0 Å². The minimum absolute atomic E-state index is 0.0501. The Bertz CT molecular complexity index is 469. The minimum atomic E-state index is -0.161. The second-order valence-electron chi connectivity index (χ2n) is 4.78. The van der Waals surface area contributed by atoms with Crippen LogP contribution in [-0.4, -0.2) is 13.2 Å². The first-order valence-electron chi connectivity index (χ1n) is 5.48. The van der Waals surface area contributed by atoms with Crippen molar-refractivity contribution in [2.45, 2.75) is 18.3 Å². The molecule has 0 spiro atoms. The predicted octanol–water partition coefficient (Wildman–Crippen LogP) is 3.02. The van der Waals surface area contributed by atoms with Crippen LogP contribution >= 0.6 is 15.9 Å². The van der Waals surface area contributed by atoms with Crippen molar-refractivity contribution in [1.82, 2.24) is 0 Å². The molecule has 16 heavy (non-hydrogen) atoms. The summed E-state index contributed by atoms with van der Waals surface area (Å²) in [5.74, 6) is 0. The van der Waals surface area contributed by atoms with E-state index in [4.69, 9.17) is 4.74 Å². The van der Waals surface area contributed by atoms with E-state index < -0.39 is 0 Å². The van der Waals surface area contributed by atoms with Gasteiger partial charge in [0.05, 0.1) is 30.1 Å². The van der Waals surface area contributed by atoms with Crippen LogP contribution in [0.15, 0.2) is 28.7 Å². The third kappa shape index (κ3) is 1.20. The highest BCUT2D eigenvalue weighted by Crippen LogP contribution is 2.62. The number of halogens is 1. The zero-order valence-corrected chi connectivity index (χ0v) is 10.5. The van der Waals surface area contributed by atoms with Gasteiger partial charge in [-0.25, -0.2) is 0 Å². The van der Waals surface area contributed by atoms with Gasteiger partial charge in [-0.2, -0.15) is 5.26 Å². The monoisotopic (exact) mass is 277 g/mol. The number of benzene rings is 1. The quantitative estimate of drug-likeness (QED) is 0.833. The summed E-state index contributed by atoms with van der Waals surface area (Å²) in [6.07, 6.45) is 2.03. The molecule has 0 aromatic heterocycles. The van der Waals surface area contributed by atoms with Gasteiger partial charge in [0.15, 0.2) is 0 Å². The molecule has 3 heteroatoms. The Morgan fingerprint density at radius 1 is 1.31 bits per heavy atom. The molecule has 2 fully saturated rings. The van der Waals surface area contributed by atoms with Gasteiger partial charge in [0, 0.05) is 4.47 Å². The number of nitriles is 1. The number of nitrogens with zero attached hydrogens (tertiary/aromatic N) is 1. The molecule has 1 saturated heterocycles. The summed E-state index contributed by atoms with van der Waals surface area (Å²) in [6.45, 7) is 1.38. The standard InChI is InChI=1S/C13H12BrNO/c14-11-3-1-2-10(6-11)13(8-16-9-13)12(7-15)4-5-12/h1-3,6H,4-5,8-9H2. The number of ether oxygens (including phenoxy) is 1. The van der Waals surface area contributed by atoms with Crippen LogP contribution in [0.3, 0.4) is 0 Å². The molecule has 2 aliphatic rings. The first kappa shape index (κ1) is 10.3. The fraction of sp³-hybridized carbons (Fsp3) is 0.462. The SMILES string of the molecule is N#CC1(C2(c3cccc(Br)c3)COC2)CC1. The van der Waals surface area contributed by atoms with Crippen molar-refractivity contribution < 1.29 is 4.74 Å². The number of hydrogen-bond donors (Lipinski definition) is 0. The van der Waals surface area contributed by atoms with E-state index in [1.54, 1.807) is 0 Å². The van der Waals surface area contributed by atoms with Gasteiger partial charge in [-0.05, 0) is 30.5 Å². The maximum Gasteiger partial charge on any atom is 0.0716 e. The molecule has 1 saturated carbocycles. The minimum Gasteiger partial charge on any atom is -0.379 e. The molecule has 82 valence electrons. The lowest BCUT2D eigenvalue weighted by Gasteiger charge is -2.45. The summed E-state index contributed by atoms with van der Waals surface area (Å²) in [5, 5.41) is 9.37. The van der Waals surface area contributed by atoms with Crippen LogP contribution in [0.5, 0.6) is 0 Å². The first-order valence-corrected chi connectivity index (χ1v) is 6.27. The van der Waals surface area contributed by atoms with E-state index in [2.05, 4.69) is 34.1 Å². The molecule has 0 unspecified atom stereocenters. The summed E-state index contributed by atoms with van der Waals surface area (Å²) in [5.41, 5.74) is 1.03. The van der Waals surface area contributed by atoms with E-state index in [1.165, 1.54) is 5.56 Å². The van der Waals surface area contributed by atoms with Crippen LogP contribution < -0.4 is 0 Å². The van der Waals surface area contributed by atoms with E-state index in [0.29, 0.717) is 13.2 Å². The molecule has 0 N–H and O–H groups in total. The van der Waals surface area contributed by atoms with E-state index in [9.17, 15) is 5.26 Å². The molecule has 1 aromatic carbocycles. The molecule has 1 aromatic rings. The molecular formula is C13H12BrNO. The topological polar surface area (TPSA) is 33.0 Å². The van der Waals surface area contributed by atoms with Gasteiger partial charge in [-0.1, -0.05) is 28.1 Å². The Balaban J connectivity index is 2.06. The highest BCUT2D eigenvalue weighted by molar-refractivity contribution is 9.10. The maximum atomic E-state index is 9.37. The summed E-state index contributed by atoms with van der Waals surface area (Å²) >= 11 is 3.49. The molecule has 1 aliphatic carbocycles. The Morgan fingerprint density at radius 3 is 2.50 bits per heavy atom. The number of hydrogen-bond acceptors (Lipinski definition) is 2. The predicted molar refractivity (Wildman–Crippen MR) is 63.9 cm³/mol. The van der Waals surface area contributed by atoms with Gasteiger partial charge in [0.1, 0.15) is 0 Å². The third-order valence-electron chi connectivity index (χ3n) is 3.95. The van der Waals surface area contributed by atoms with E-state index in [-0.39, 0.29) is 10.8 Å². The van der Waals surface area contributed by atoms with Gasteiger partial charge < -0.3 is 4.74 Å². The fourth-order valence-electron chi connectivity index (χ4n) is 2.63. The molecule has 0 amide bonds. The zero-order chi connectivity index (χ0) is 11.2. The Morgan fingerprint density at radius 2 is 2.06 bits per heavy atom. The molecule has 0 bridgehead atoms. The average molecular weight is 278 g/mol. The average Bonchev–Trinajstić information content (AvgIpc) is 2.98. The molecule has 1 aliphatic heterocycles. The fourth-order valence-corrected chi connectivity index (χ4v) is 3.03. The van der Waals surface area contributed by atoms with Crippen LogP contribution in [0.2, 0.25) is 0 Å². The molecule has 2 nitrogen and oxygen atoms in total. The normalized spacial score (nSPS) is 24.2. The third-order valence-corrected chi connectivity index (χ3v) is 4.45. The highest BCUT2D eigenvalue weighted by Gasteiger charge is 2.64. The van der Waals surface area contributed by atoms with Crippen molar-refractivity contribution in [1.29, 1.82) is 5.26 Å². The van der Waals surface area contributed by atoms with Gasteiger partial charge in [-0.3, -0.25) is 0 Å². The lowest BCUT2D eigenvalue weighted by Crippen LogP contribution is -2.53. The first-order chi connectivity index (χ1) is 7.72. The van der Waals surface area contributed by atoms with Crippen LogP contribution in [0.4, 0.5) is 0 Å².